The van der Waals surface area contributed by atoms with Gasteiger partial charge in [-0.3, -0.25) is 4.79 Å². The maximum absolute atomic E-state index is 12.9. The zero-order valence-electron chi connectivity index (χ0n) is 11.7. The monoisotopic (exact) mass is 276 g/mol. The van der Waals surface area contributed by atoms with Crippen LogP contribution in [0.15, 0.2) is 24.3 Å². The second-order valence-electron chi connectivity index (χ2n) is 6.12. The summed E-state index contributed by atoms with van der Waals surface area (Å²) in [6.45, 7) is 3.75. The van der Waals surface area contributed by atoms with Crippen LogP contribution in [0.2, 0.25) is 0 Å². The molecule has 108 valence electrons. The van der Waals surface area contributed by atoms with Crippen molar-refractivity contribution in [3.63, 3.8) is 0 Å². The van der Waals surface area contributed by atoms with Crippen molar-refractivity contribution in [3.05, 3.63) is 35.6 Å². The van der Waals surface area contributed by atoms with E-state index in [0.29, 0.717) is 5.56 Å². The maximum Gasteiger partial charge on any atom is 0.253 e. The van der Waals surface area contributed by atoms with Crippen LogP contribution in [0.5, 0.6) is 0 Å². The van der Waals surface area contributed by atoms with Crippen LogP contribution in [-0.2, 0) is 0 Å². The highest BCUT2D eigenvalue weighted by Gasteiger charge is 2.38. The molecule has 0 aliphatic carbocycles. The van der Waals surface area contributed by atoms with Crippen molar-refractivity contribution >= 4 is 5.91 Å². The molecule has 0 aromatic heterocycles. The molecule has 2 saturated heterocycles. The molecule has 20 heavy (non-hydrogen) atoms. The topological polar surface area (TPSA) is 32.3 Å². The molecule has 1 unspecified atom stereocenters. The van der Waals surface area contributed by atoms with Gasteiger partial charge in [-0.2, -0.15) is 0 Å². The fourth-order valence-electron chi connectivity index (χ4n) is 3.53. The van der Waals surface area contributed by atoms with E-state index in [4.69, 9.17) is 0 Å². The zero-order chi connectivity index (χ0) is 14.0. The standard InChI is InChI=1S/C16H21FN2O/c17-14-5-3-13(4-6-14)15(20)19-10-2-8-16(12-19)7-1-9-18-11-16/h3-6,18H,1-2,7-12H2. The molecule has 3 rings (SSSR count). The van der Waals surface area contributed by atoms with E-state index >= 15 is 0 Å². The molecule has 3 nitrogen and oxygen atoms in total. The Balaban J connectivity index is 1.73. The van der Waals surface area contributed by atoms with Crippen LogP contribution < -0.4 is 5.32 Å². The van der Waals surface area contributed by atoms with Crippen LogP contribution in [0.25, 0.3) is 0 Å². The Morgan fingerprint density at radius 1 is 1.20 bits per heavy atom. The third-order valence-corrected chi connectivity index (χ3v) is 4.60. The lowest BCUT2D eigenvalue weighted by atomic mass is 9.74. The number of carbonyl (C=O) groups is 1. The fourth-order valence-corrected chi connectivity index (χ4v) is 3.53. The van der Waals surface area contributed by atoms with Gasteiger partial charge in [0.1, 0.15) is 5.82 Å². The molecule has 2 aliphatic heterocycles. The molecule has 1 aromatic rings. The van der Waals surface area contributed by atoms with Crippen LogP contribution >= 0.6 is 0 Å². The lowest BCUT2D eigenvalue weighted by Crippen LogP contribution is -2.52. The number of hydrogen-bond donors (Lipinski definition) is 1. The van der Waals surface area contributed by atoms with Crippen LogP contribution in [-0.4, -0.2) is 37.0 Å². The van der Waals surface area contributed by atoms with Crippen molar-refractivity contribution in [2.24, 2.45) is 5.41 Å². The van der Waals surface area contributed by atoms with E-state index in [-0.39, 0.29) is 17.1 Å². The number of carbonyl (C=O) groups excluding carboxylic acids is 1. The molecular weight excluding hydrogens is 255 g/mol. The van der Waals surface area contributed by atoms with Crippen molar-refractivity contribution in [2.45, 2.75) is 25.7 Å². The Morgan fingerprint density at radius 3 is 2.65 bits per heavy atom. The summed E-state index contributed by atoms with van der Waals surface area (Å²) in [6, 6.07) is 5.88. The van der Waals surface area contributed by atoms with Crippen LogP contribution in [0, 0.1) is 11.2 Å². The van der Waals surface area contributed by atoms with E-state index < -0.39 is 0 Å². The van der Waals surface area contributed by atoms with Gasteiger partial charge in [0.2, 0.25) is 0 Å². The Morgan fingerprint density at radius 2 is 1.95 bits per heavy atom. The molecular formula is C16H21FN2O. The molecule has 2 heterocycles. The van der Waals surface area contributed by atoms with E-state index in [0.717, 1.165) is 32.6 Å². The molecule has 1 atom stereocenters. The van der Waals surface area contributed by atoms with Gasteiger partial charge < -0.3 is 10.2 Å². The minimum absolute atomic E-state index is 0.0367. The summed E-state index contributed by atoms with van der Waals surface area (Å²) >= 11 is 0. The Kier molecular flexibility index (Phi) is 3.74. The molecule has 4 heteroatoms. The van der Waals surface area contributed by atoms with Crippen molar-refractivity contribution in [2.75, 3.05) is 26.2 Å². The number of nitrogens with zero attached hydrogens (tertiary/aromatic N) is 1. The minimum Gasteiger partial charge on any atom is -0.338 e. The first kappa shape index (κ1) is 13.6. The second-order valence-corrected chi connectivity index (χ2v) is 6.12. The fraction of sp³-hybridized carbons (Fsp3) is 0.562. The highest BCUT2D eigenvalue weighted by molar-refractivity contribution is 5.94. The number of halogens is 1. The van der Waals surface area contributed by atoms with Gasteiger partial charge in [0, 0.05) is 30.6 Å². The average molecular weight is 276 g/mol. The van der Waals surface area contributed by atoms with Crippen molar-refractivity contribution in [1.82, 2.24) is 10.2 Å². The molecule has 2 fully saturated rings. The van der Waals surface area contributed by atoms with Crippen LogP contribution in [0.4, 0.5) is 4.39 Å². The van der Waals surface area contributed by atoms with E-state index in [2.05, 4.69) is 5.32 Å². The van der Waals surface area contributed by atoms with Gasteiger partial charge in [-0.05, 0) is 56.5 Å². The zero-order valence-corrected chi connectivity index (χ0v) is 11.7. The molecule has 1 aromatic carbocycles. The first-order valence-electron chi connectivity index (χ1n) is 7.44. The van der Waals surface area contributed by atoms with Crippen LogP contribution in [0.3, 0.4) is 0 Å². The number of hydrogen-bond acceptors (Lipinski definition) is 2. The van der Waals surface area contributed by atoms with Gasteiger partial charge in [-0.1, -0.05) is 0 Å². The van der Waals surface area contributed by atoms with E-state index in [1.807, 2.05) is 4.90 Å². The highest BCUT2D eigenvalue weighted by Crippen LogP contribution is 2.36. The highest BCUT2D eigenvalue weighted by atomic mass is 19.1. The molecule has 1 amide bonds. The predicted octanol–water partition coefficient (Wildman–Crippen LogP) is 2.43. The van der Waals surface area contributed by atoms with Gasteiger partial charge in [0.25, 0.3) is 5.91 Å². The second kappa shape index (κ2) is 5.52. The first-order chi connectivity index (χ1) is 9.69. The number of piperidine rings is 2. The van der Waals surface area contributed by atoms with Gasteiger partial charge >= 0.3 is 0 Å². The molecule has 0 saturated carbocycles. The summed E-state index contributed by atoms with van der Waals surface area (Å²) in [5.74, 6) is -0.261. The number of nitrogens with one attached hydrogen (secondary N) is 1. The first-order valence-corrected chi connectivity index (χ1v) is 7.44. The minimum atomic E-state index is -0.298. The normalized spacial score (nSPS) is 26.8. The molecule has 1 spiro atoms. The Hall–Kier alpha value is -1.42. The number of likely N-dealkylation sites (tertiary alicyclic amines) is 1. The summed E-state index contributed by atoms with van der Waals surface area (Å²) in [5, 5.41) is 3.46. The number of rotatable bonds is 1. The quantitative estimate of drug-likeness (QED) is 0.854. The largest absolute Gasteiger partial charge is 0.338 e. The Labute approximate surface area is 119 Å². The van der Waals surface area contributed by atoms with Crippen LogP contribution in [0.1, 0.15) is 36.0 Å². The summed E-state index contributed by atoms with van der Waals surface area (Å²) in [6.07, 6.45) is 4.66. The SMILES string of the molecule is O=C(c1ccc(F)cc1)N1CCCC2(CCCNC2)C1. The number of benzene rings is 1. The summed E-state index contributed by atoms with van der Waals surface area (Å²) < 4.78 is 12.9. The van der Waals surface area contributed by atoms with E-state index in [1.165, 1.54) is 31.4 Å². The van der Waals surface area contributed by atoms with Crippen molar-refractivity contribution < 1.29 is 9.18 Å². The lowest BCUT2D eigenvalue weighted by Gasteiger charge is -2.45. The molecule has 0 bridgehead atoms. The van der Waals surface area contributed by atoms with Gasteiger partial charge in [0.05, 0.1) is 0 Å². The van der Waals surface area contributed by atoms with Gasteiger partial charge in [-0.25, -0.2) is 4.39 Å². The van der Waals surface area contributed by atoms with Crippen molar-refractivity contribution in [1.29, 1.82) is 0 Å². The molecule has 0 radical (unpaired) electrons. The summed E-state index contributed by atoms with van der Waals surface area (Å²) in [4.78, 5) is 14.5. The predicted molar refractivity (Wildman–Crippen MR) is 76.1 cm³/mol. The smallest absolute Gasteiger partial charge is 0.253 e. The lowest BCUT2D eigenvalue weighted by molar-refractivity contribution is 0.0434. The van der Waals surface area contributed by atoms with Crippen molar-refractivity contribution in [3.8, 4) is 0 Å². The molecule has 2 aliphatic rings. The van der Waals surface area contributed by atoms with E-state index in [9.17, 15) is 9.18 Å². The van der Waals surface area contributed by atoms with E-state index in [1.54, 1.807) is 12.1 Å². The summed E-state index contributed by atoms with van der Waals surface area (Å²) in [5.41, 5.74) is 0.846. The van der Waals surface area contributed by atoms with Gasteiger partial charge in [0.15, 0.2) is 0 Å². The third kappa shape index (κ3) is 2.70. The average Bonchev–Trinajstić information content (AvgIpc) is 2.48. The van der Waals surface area contributed by atoms with Gasteiger partial charge in [-0.15, -0.1) is 0 Å². The third-order valence-electron chi connectivity index (χ3n) is 4.60. The molecule has 1 N–H and O–H groups in total. The summed E-state index contributed by atoms with van der Waals surface area (Å²) in [7, 11) is 0. The number of amides is 1. The Bertz CT molecular complexity index is 474. The maximum atomic E-state index is 12.9.